The van der Waals surface area contributed by atoms with E-state index in [9.17, 15) is 4.79 Å². The predicted octanol–water partition coefficient (Wildman–Crippen LogP) is 2.05. The summed E-state index contributed by atoms with van der Waals surface area (Å²) in [5.74, 6) is 0.0218. The molecule has 4 heteroatoms. The molecule has 1 rings (SSSR count). The quantitative estimate of drug-likeness (QED) is 0.699. The fourth-order valence-electron chi connectivity index (χ4n) is 1.04. The molecule has 0 aliphatic rings. The van der Waals surface area contributed by atoms with E-state index in [2.05, 4.69) is 4.98 Å². The summed E-state index contributed by atoms with van der Waals surface area (Å²) >= 11 is 0. The molecule has 0 fully saturated rings. The molecule has 0 saturated carbocycles. The zero-order chi connectivity index (χ0) is 11.5. The van der Waals surface area contributed by atoms with E-state index < -0.39 is 11.6 Å². The van der Waals surface area contributed by atoms with Gasteiger partial charge in [-0.05, 0) is 26.8 Å². The van der Waals surface area contributed by atoms with Crippen molar-refractivity contribution in [3.05, 3.63) is 24.0 Å². The van der Waals surface area contributed by atoms with Gasteiger partial charge in [-0.3, -0.25) is 4.98 Å². The molecule has 0 bridgehead atoms. The van der Waals surface area contributed by atoms with Crippen molar-refractivity contribution in [2.75, 3.05) is 7.11 Å². The lowest BCUT2D eigenvalue weighted by molar-refractivity contribution is 0.00664. The van der Waals surface area contributed by atoms with Crippen LogP contribution in [-0.2, 0) is 4.74 Å². The van der Waals surface area contributed by atoms with Crippen LogP contribution in [0.4, 0.5) is 0 Å². The summed E-state index contributed by atoms with van der Waals surface area (Å²) in [5, 5.41) is 0. The zero-order valence-corrected chi connectivity index (χ0v) is 9.40. The van der Waals surface area contributed by atoms with E-state index in [4.69, 9.17) is 9.47 Å². The van der Waals surface area contributed by atoms with Gasteiger partial charge in [-0.25, -0.2) is 4.79 Å². The minimum Gasteiger partial charge on any atom is -0.494 e. The van der Waals surface area contributed by atoms with Crippen molar-refractivity contribution in [2.45, 2.75) is 26.4 Å². The first kappa shape index (κ1) is 11.5. The fraction of sp³-hybridized carbons (Fsp3) is 0.455. The number of esters is 1. The average Bonchev–Trinajstić information content (AvgIpc) is 2.15. The molecule has 0 unspecified atom stereocenters. The lowest BCUT2D eigenvalue weighted by Crippen LogP contribution is -2.24. The van der Waals surface area contributed by atoms with Gasteiger partial charge in [0, 0.05) is 6.20 Å². The number of methoxy groups -OCH3 is 1. The number of aromatic nitrogens is 1. The molecule has 82 valence electrons. The topological polar surface area (TPSA) is 48.4 Å². The Balaban J connectivity index is 2.91. The highest BCUT2D eigenvalue weighted by Crippen LogP contribution is 2.19. The third-order valence-electron chi connectivity index (χ3n) is 1.62. The van der Waals surface area contributed by atoms with Gasteiger partial charge in [0.05, 0.1) is 13.3 Å². The number of hydrogen-bond donors (Lipinski definition) is 0. The molecule has 0 N–H and O–H groups in total. The highest BCUT2D eigenvalue weighted by molar-refractivity contribution is 5.92. The predicted molar refractivity (Wildman–Crippen MR) is 56.0 cm³/mol. The van der Waals surface area contributed by atoms with Gasteiger partial charge in [0.1, 0.15) is 11.2 Å². The minimum atomic E-state index is -0.509. The molecule has 4 nitrogen and oxygen atoms in total. The van der Waals surface area contributed by atoms with Gasteiger partial charge in [0.2, 0.25) is 0 Å². The van der Waals surface area contributed by atoms with Crippen molar-refractivity contribution in [1.29, 1.82) is 0 Å². The number of hydrogen-bond acceptors (Lipinski definition) is 4. The maximum Gasteiger partial charge on any atom is 0.342 e. The number of rotatable bonds is 2. The van der Waals surface area contributed by atoms with Gasteiger partial charge < -0.3 is 9.47 Å². The van der Waals surface area contributed by atoms with Crippen LogP contribution < -0.4 is 4.74 Å². The monoisotopic (exact) mass is 209 g/mol. The first-order chi connectivity index (χ1) is 6.94. The van der Waals surface area contributed by atoms with Crippen molar-refractivity contribution in [3.8, 4) is 5.75 Å². The van der Waals surface area contributed by atoms with E-state index in [0.717, 1.165) is 0 Å². The third-order valence-corrected chi connectivity index (χ3v) is 1.62. The van der Waals surface area contributed by atoms with Crippen LogP contribution in [0.15, 0.2) is 18.5 Å². The van der Waals surface area contributed by atoms with Crippen molar-refractivity contribution in [1.82, 2.24) is 4.98 Å². The first-order valence-electron chi connectivity index (χ1n) is 4.65. The van der Waals surface area contributed by atoms with Gasteiger partial charge in [0.25, 0.3) is 0 Å². The molecule has 0 amide bonds. The van der Waals surface area contributed by atoms with Gasteiger partial charge in [0.15, 0.2) is 5.75 Å². The van der Waals surface area contributed by atoms with Crippen LogP contribution >= 0.6 is 0 Å². The summed E-state index contributed by atoms with van der Waals surface area (Å²) < 4.78 is 10.2. The smallest absolute Gasteiger partial charge is 0.342 e. The van der Waals surface area contributed by atoms with Gasteiger partial charge in [-0.2, -0.15) is 0 Å². The molecule has 0 spiro atoms. The Labute approximate surface area is 89.2 Å². The van der Waals surface area contributed by atoms with Crippen LogP contribution in [0.1, 0.15) is 31.1 Å². The second-order valence-electron chi connectivity index (χ2n) is 4.08. The molecule has 0 saturated heterocycles. The lowest BCUT2D eigenvalue weighted by Gasteiger charge is -2.20. The molecule has 0 aliphatic carbocycles. The van der Waals surface area contributed by atoms with Crippen LogP contribution in [-0.4, -0.2) is 23.7 Å². The van der Waals surface area contributed by atoms with Crippen LogP contribution in [0.3, 0.4) is 0 Å². The second-order valence-corrected chi connectivity index (χ2v) is 4.08. The van der Waals surface area contributed by atoms with Crippen LogP contribution in [0.25, 0.3) is 0 Å². The summed E-state index contributed by atoms with van der Waals surface area (Å²) in [6.45, 7) is 5.45. The summed E-state index contributed by atoms with van der Waals surface area (Å²) in [6, 6.07) is 1.58. The molecular formula is C11H15NO3. The van der Waals surface area contributed by atoms with Crippen LogP contribution in [0.2, 0.25) is 0 Å². The molecule has 0 radical (unpaired) electrons. The maximum absolute atomic E-state index is 11.7. The number of pyridine rings is 1. The third kappa shape index (κ3) is 3.23. The van der Waals surface area contributed by atoms with Crippen molar-refractivity contribution in [3.63, 3.8) is 0 Å². The summed E-state index contributed by atoms with van der Waals surface area (Å²) in [4.78, 5) is 15.6. The number of ether oxygens (including phenoxy) is 2. The molecule has 1 aromatic rings. The molecule has 1 aromatic heterocycles. The van der Waals surface area contributed by atoms with Crippen molar-refractivity contribution < 1.29 is 14.3 Å². The highest BCUT2D eigenvalue weighted by Gasteiger charge is 2.20. The maximum atomic E-state index is 11.7. The SMILES string of the molecule is COc1cnccc1C(=O)OC(C)(C)C. The van der Waals surface area contributed by atoms with E-state index in [1.165, 1.54) is 19.5 Å². The second kappa shape index (κ2) is 4.29. The number of carbonyl (C=O) groups excluding carboxylic acids is 1. The van der Waals surface area contributed by atoms with E-state index in [1.807, 2.05) is 20.8 Å². The van der Waals surface area contributed by atoms with Crippen LogP contribution in [0, 0.1) is 0 Å². The van der Waals surface area contributed by atoms with Crippen LogP contribution in [0.5, 0.6) is 5.75 Å². The van der Waals surface area contributed by atoms with E-state index >= 15 is 0 Å². The van der Waals surface area contributed by atoms with E-state index in [0.29, 0.717) is 11.3 Å². The number of carbonyl (C=O) groups is 1. The number of nitrogens with zero attached hydrogens (tertiary/aromatic N) is 1. The van der Waals surface area contributed by atoms with Gasteiger partial charge in [-0.1, -0.05) is 0 Å². The highest BCUT2D eigenvalue weighted by atomic mass is 16.6. The van der Waals surface area contributed by atoms with Gasteiger partial charge >= 0.3 is 5.97 Å². The first-order valence-corrected chi connectivity index (χ1v) is 4.65. The Morgan fingerprint density at radius 3 is 2.60 bits per heavy atom. The standard InChI is InChI=1S/C11H15NO3/c1-11(2,3)15-10(13)8-5-6-12-7-9(8)14-4/h5-7H,1-4H3. The molecule has 15 heavy (non-hydrogen) atoms. The molecule has 0 aromatic carbocycles. The van der Waals surface area contributed by atoms with Crippen molar-refractivity contribution >= 4 is 5.97 Å². The Kier molecular flexibility index (Phi) is 3.29. The lowest BCUT2D eigenvalue weighted by atomic mass is 10.2. The molecular weight excluding hydrogens is 194 g/mol. The molecule has 1 heterocycles. The summed E-state index contributed by atoms with van der Waals surface area (Å²) in [7, 11) is 1.49. The largest absolute Gasteiger partial charge is 0.494 e. The average molecular weight is 209 g/mol. The Bertz CT molecular complexity index is 355. The Morgan fingerprint density at radius 1 is 1.40 bits per heavy atom. The normalized spacial score (nSPS) is 10.9. The Morgan fingerprint density at radius 2 is 2.07 bits per heavy atom. The van der Waals surface area contributed by atoms with E-state index in [-0.39, 0.29) is 0 Å². The van der Waals surface area contributed by atoms with Crippen molar-refractivity contribution in [2.24, 2.45) is 0 Å². The summed E-state index contributed by atoms with van der Waals surface area (Å²) in [6.07, 6.45) is 3.01. The molecule has 0 aliphatic heterocycles. The van der Waals surface area contributed by atoms with Gasteiger partial charge in [-0.15, -0.1) is 0 Å². The minimum absolute atomic E-state index is 0.391. The van der Waals surface area contributed by atoms with E-state index in [1.54, 1.807) is 6.07 Å². The molecule has 0 atom stereocenters. The zero-order valence-electron chi connectivity index (χ0n) is 9.40. The summed E-state index contributed by atoms with van der Waals surface area (Å²) in [5.41, 5.74) is -0.117. The Hall–Kier alpha value is -1.58. The fourth-order valence-corrected chi connectivity index (χ4v) is 1.04.